The first kappa shape index (κ1) is 18.5. The van der Waals surface area contributed by atoms with E-state index in [2.05, 4.69) is 10.4 Å². The third-order valence-corrected chi connectivity index (χ3v) is 4.52. The van der Waals surface area contributed by atoms with Crippen molar-refractivity contribution in [1.29, 1.82) is 0 Å². The molecule has 0 aliphatic rings. The number of hydrogen-bond acceptors (Lipinski definition) is 3. The van der Waals surface area contributed by atoms with E-state index in [1.165, 1.54) is 0 Å². The van der Waals surface area contributed by atoms with E-state index in [4.69, 9.17) is 16.3 Å². The van der Waals surface area contributed by atoms with Crippen LogP contribution in [0.2, 0.25) is 5.02 Å². The van der Waals surface area contributed by atoms with Gasteiger partial charge in [-0.2, -0.15) is 5.10 Å². The van der Waals surface area contributed by atoms with E-state index in [0.717, 1.165) is 22.5 Å². The minimum absolute atomic E-state index is 0.00802. The molecule has 0 saturated carbocycles. The summed E-state index contributed by atoms with van der Waals surface area (Å²) in [6.07, 6.45) is 0.938. The molecule has 1 aromatic heterocycles. The van der Waals surface area contributed by atoms with E-state index in [0.29, 0.717) is 24.4 Å². The predicted octanol–water partition coefficient (Wildman–Crippen LogP) is 3.13. The minimum Gasteiger partial charge on any atom is -0.375 e. The van der Waals surface area contributed by atoms with E-state index >= 15 is 0 Å². The third kappa shape index (κ3) is 4.58. The summed E-state index contributed by atoms with van der Waals surface area (Å²) in [5.74, 6) is 0.00802. The maximum atomic E-state index is 12.1. The SMILES string of the molecule is COC(CNC(=O)CCc1c(C)nn(C)c1C)c1ccc(Cl)cc1. The fourth-order valence-corrected chi connectivity index (χ4v) is 2.85. The first-order chi connectivity index (χ1) is 11.4. The summed E-state index contributed by atoms with van der Waals surface area (Å²) < 4.78 is 7.31. The maximum Gasteiger partial charge on any atom is 0.220 e. The van der Waals surface area contributed by atoms with Crippen LogP contribution in [0.15, 0.2) is 24.3 Å². The molecule has 1 unspecified atom stereocenters. The van der Waals surface area contributed by atoms with Gasteiger partial charge in [-0.25, -0.2) is 0 Å². The van der Waals surface area contributed by atoms with Gasteiger partial charge in [-0.05, 0) is 43.5 Å². The molecule has 0 radical (unpaired) electrons. The zero-order valence-electron chi connectivity index (χ0n) is 14.6. The fraction of sp³-hybridized carbons (Fsp3) is 0.444. The second-order valence-electron chi connectivity index (χ2n) is 5.85. The van der Waals surface area contributed by atoms with E-state index in [-0.39, 0.29) is 12.0 Å². The molecule has 0 spiro atoms. The van der Waals surface area contributed by atoms with Gasteiger partial charge in [0.05, 0.1) is 11.8 Å². The average molecular weight is 350 g/mol. The number of methoxy groups -OCH3 is 1. The summed E-state index contributed by atoms with van der Waals surface area (Å²) in [4.78, 5) is 12.1. The maximum absolute atomic E-state index is 12.1. The molecular weight excluding hydrogens is 326 g/mol. The summed E-state index contributed by atoms with van der Waals surface area (Å²) in [7, 11) is 3.55. The third-order valence-electron chi connectivity index (χ3n) is 4.27. The number of ether oxygens (including phenoxy) is 1. The fourth-order valence-electron chi connectivity index (χ4n) is 2.73. The van der Waals surface area contributed by atoms with Crippen molar-refractivity contribution < 1.29 is 9.53 Å². The van der Waals surface area contributed by atoms with Crippen LogP contribution in [0.1, 0.15) is 35.0 Å². The highest BCUT2D eigenvalue weighted by molar-refractivity contribution is 6.30. The Bertz CT molecular complexity index is 695. The molecule has 1 N–H and O–H groups in total. The number of carbonyl (C=O) groups excluding carboxylic acids is 1. The second kappa shape index (κ2) is 8.31. The van der Waals surface area contributed by atoms with Crippen LogP contribution in [-0.2, 0) is 23.0 Å². The lowest BCUT2D eigenvalue weighted by Crippen LogP contribution is -2.29. The normalized spacial score (nSPS) is 12.2. The van der Waals surface area contributed by atoms with Crippen LogP contribution in [0, 0.1) is 13.8 Å². The van der Waals surface area contributed by atoms with Crippen molar-refractivity contribution in [2.24, 2.45) is 7.05 Å². The highest BCUT2D eigenvalue weighted by Crippen LogP contribution is 2.19. The van der Waals surface area contributed by atoms with Crippen molar-refractivity contribution in [3.8, 4) is 0 Å². The number of nitrogens with one attached hydrogen (secondary N) is 1. The van der Waals surface area contributed by atoms with Crippen molar-refractivity contribution in [3.63, 3.8) is 0 Å². The van der Waals surface area contributed by atoms with Crippen LogP contribution < -0.4 is 5.32 Å². The number of aromatic nitrogens is 2. The van der Waals surface area contributed by atoms with Gasteiger partial charge < -0.3 is 10.1 Å². The molecule has 24 heavy (non-hydrogen) atoms. The van der Waals surface area contributed by atoms with Crippen LogP contribution >= 0.6 is 11.6 Å². The number of benzene rings is 1. The van der Waals surface area contributed by atoms with Gasteiger partial charge in [0.2, 0.25) is 5.91 Å². The first-order valence-corrected chi connectivity index (χ1v) is 8.34. The molecule has 0 aliphatic heterocycles. The number of hydrogen-bond donors (Lipinski definition) is 1. The quantitative estimate of drug-likeness (QED) is 0.835. The first-order valence-electron chi connectivity index (χ1n) is 7.96. The largest absolute Gasteiger partial charge is 0.375 e. The van der Waals surface area contributed by atoms with Gasteiger partial charge in [0.15, 0.2) is 0 Å². The van der Waals surface area contributed by atoms with Gasteiger partial charge in [-0.15, -0.1) is 0 Å². The van der Waals surface area contributed by atoms with E-state index in [1.54, 1.807) is 7.11 Å². The van der Waals surface area contributed by atoms with E-state index in [1.807, 2.05) is 49.8 Å². The molecule has 2 aromatic rings. The molecular formula is C18H24ClN3O2. The summed E-state index contributed by atoms with van der Waals surface area (Å²) in [6, 6.07) is 7.45. The van der Waals surface area contributed by atoms with Crippen molar-refractivity contribution in [1.82, 2.24) is 15.1 Å². The Hall–Kier alpha value is -1.85. The number of aryl methyl sites for hydroxylation is 2. The van der Waals surface area contributed by atoms with Crippen LogP contribution in [0.4, 0.5) is 0 Å². The van der Waals surface area contributed by atoms with Gasteiger partial charge in [0.1, 0.15) is 0 Å². The lowest BCUT2D eigenvalue weighted by molar-refractivity contribution is -0.121. The highest BCUT2D eigenvalue weighted by Gasteiger charge is 2.14. The molecule has 5 nitrogen and oxygen atoms in total. The number of halogens is 1. The van der Waals surface area contributed by atoms with E-state index in [9.17, 15) is 4.79 Å². The molecule has 1 amide bonds. The van der Waals surface area contributed by atoms with Gasteiger partial charge in [-0.3, -0.25) is 9.48 Å². The summed E-state index contributed by atoms with van der Waals surface area (Å²) >= 11 is 5.90. The molecule has 1 heterocycles. The molecule has 130 valence electrons. The van der Waals surface area contributed by atoms with Crippen molar-refractivity contribution >= 4 is 17.5 Å². The molecule has 1 atom stereocenters. The van der Waals surface area contributed by atoms with Crippen LogP contribution in [0.3, 0.4) is 0 Å². The number of carbonyl (C=O) groups is 1. The standard InChI is InChI=1S/C18H24ClN3O2/c1-12-16(13(2)22(3)21-12)9-10-18(23)20-11-17(24-4)14-5-7-15(19)8-6-14/h5-8,17H,9-11H2,1-4H3,(H,20,23). The second-order valence-corrected chi connectivity index (χ2v) is 6.29. The monoisotopic (exact) mass is 349 g/mol. The summed E-state index contributed by atoms with van der Waals surface area (Å²) in [6.45, 7) is 4.43. The smallest absolute Gasteiger partial charge is 0.220 e. The molecule has 0 aliphatic carbocycles. The molecule has 0 fully saturated rings. The van der Waals surface area contributed by atoms with E-state index < -0.39 is 0 Å². The molecule has 0 bridgehead atoms. The lowest BCUT2D eigenvalue weighted by atomic mass is 10.1. The zero-order chi connectivity index (χ0) is 17.7. The predicted molar refractivity (Wildman–Crippen MR) is 95.2 cm³/mol. The van der Waals surface area contributed by atoms with Crippen molar-refractivity contribution in [2.45, 2.75) is 32.8 Å². The van der Waals surface area contributed by atoms with Crippen molar-refractivity contribution in [3.05, 3.63) is 51.8 Å². The van der Waals surface area contributed by atoms with Crippen LogP contribution in [0.25, 0.3) is 0 Å². The number of rotatable bonds is 7. The molecule has 1 aromatic carbocycles. The van der Waals surface area contributed by atoms with Crippen molar-refractivity contribution in [2.75, 3.05) is 13.7 Å². The highest BCUT2D eigenvalue weighted by atomic mass is 35.5. The number of nitrogens with zero attached hydrogens (tertiary/aromatic N) is 2. The Morgan fingerprint density at radius 3 is 2.54 bits per heavy atom. The summed E-state index contributed by atoms with van der Waals surface area (Å²) in [5, 5.41) is 8.00. The zero-order valence-corrected chi connectivity index (χ0v) is 15.4. The van der Waals surface area contributed by atoms with Gasteiger partial charge in [0, 0.05) is 37.8 Å². The Morgan fingerprint density at radius 1 is 1.33 bits per heavy atom. The van der Waals surface area contributed by atoms with Gasteiger partial charge in [-0.1, -0.05) is 23.7 Å². The number of amides is 1. The van der Waals surface area contributed by atoms with Gasteiger partial charge in [0.25, 0.3) is 0 Å². The topological polar surface area (TPSA) is 56.1 Å². The van der Waals surface area contributed by atoms with Crippen LogP contribution in [-0.4, -0.2) is 29.3 Å². The molecule has 0 saturated heterocycles. The molecule has 2 rings (SSSR count). The Morgan fingerprint density at radius 2 is 2.00 bits per heavy atom. The Labute approximate surface area is 148 Å². The molecule has 6 heteroatoms. The lowest BCUT2D eigenvalue weighted by Gasteiger charge is -2.16. The Balaban J connectivity index is 1.86. The Kier molecular flexibility index (Phi) is 6.40. The minimum atomic E-state index is -0.187. The average Bonchev–Trinajstić information content (AvgIpc) is 2.80. The summed E-state index contributed by atoms with van der Waals surface area (Å²) in [5.41, 5.74) is 4.23. The van der Waals surface area contributed by atoms with Crippen LogP contribution in [0.5, 0.6) is 0 Å². The van der Waals surface area contributed by atoms with Gasteiger partial charge >= 0.3 is 0 Å².